The average molecular weight is 912 g/mol. The fourth-order valence-corrected chi connectivity index (χ4v) is 12.3. The molecule has 0 fully saturated rings. The molecule has 5 nitrogen and oxygen atoms in total. The molecular formula is C66H49N5. The van der Waals surface area contributed by atoms with Crippen LogP contribution in [0.4, 0.5) is 5.69 Å². The molecule has 4 heterocycles. The molecule has 0 saturated carbocycles. The molecule has 14 aromatic rings. The van der Waals surface area contributed by atoms with Gasteiger partial charge in [-0.3, -0.25) is 4.99 Å². The van der Waals surface area contributed by atoms with Gasteiger partial charge in [-0.05, 0) is 114 Å². The molecular weight excluding hydrogens is 863 g/mol. The van der Waals surface area contributed by atoms with Crippen molar-refractivity contribution in [1.29, 1.82) is 0 Å². The minimum absolute atomic E-state index is 0.0438. The zero-order valence-corrected chi connectivity index (χ0v) is 39.7. The SMILES string of the molecule is C=Nc1c(C(NC)c2ccc3c(c2)c2c(n3-c3ccccc3)CCC=C2)c2ccccc2c2ccccc12.Cn1c2ccccc2c2cc(-c3ccc4c5cccc6c7ccccc7n(c4c3)c65)ccc21. The van der Waals surface area contributed by atoms with E-state index in [1.807, 2.05) is 7.05 Å². The number of nitrogens with one attached hydrogen (secondary N) is 1. The third-order valence-electron chi connectivity index (χ3n) is 15.5. The zero-order chi connectivity index (χ0) is 47.3. The Morgan fingerprint density at radius 3 is 1.85 bits per heavy atom. The minimum Gasteiger partial charge on any atom is -0.344 e. The molecule has 338 valence electrons. The van der Waals surface area contributed by atoms with Gasteiger partial charge in [0.1, 0.15) is 0 Å². The van der Waals surface area contributed by atoms with Crippen LogP contribution in [0.5, 0.6) is 0 Å². The average Bonchev–Trinajstić information content (AvgIpc) is 4.15. The molecule has 0 aliphatic heterocycles. The molecule has 5 heteroatoms. The van der Waals surface area contributed by atoms with Gasteiger partial charge in [-0.15, -0.1) is 0 Å². The number of aliphatic imine (C=N–C) groups is 1. The first kappa shape index (κ1) is 41.2. The van der Waals surface area contributed by atoms with E-state index in [0.29, 0.717) is 0 Å². The molecule has 1 aliphatic carbocycles. The lowest BCUT2D eigenvalue weighted by molar-refractivity contribution is 0.699. The Balaban J connectivity index is 0.000000134. The predicted octanol–water partition coefficient (Wildman–Crippen LogP) is 16.7. The van der Waals surface area contributed by atoms with Crippen molar-refractivity contribution < 1.29 is 0 Å². The van der Waals surface area contributed by atoms with Gasteiger partial charge in [0.15, 0.2) is 0 Å². The maximum Gasteiger partial charge on any atom is 0.0758 e. The number of aromatic nitrogens is 3. The summed E-state index contributed by atoms with van der Waals surface area (Å²) in [6.45, 7) is 4.01. The lowest BCUT2D eigenvalue weighted by atomic mass is 9.88. The van der Waals surface area contributed by atoms with Crippen molar-refractivity contribution in [2.45, 2.75) is 18.9 Å². The smallest absolute Gasteiger partial charge is 0.0758 e. The summed E-state index contributed by atoms with van der Waals surface area (Å²) in [5.74, 6) is 0. The summed E-state index contributed by atoms with van der Waals surface area (Å²) in [6.07, 6.45) is 6.72. The van der Waals surface area contributed by atoms with E-state index < -0.39 is 0 Å². The van der Waals surface area contributed by atoms with Crippen LogP contribution in [0.25, 0.3) is 115 Å². The van der Waals surface area contributed by atoms with E-state index in [1.165, 1.54) is 126 Å². The Morgan fingerprint density at radius 2 is 1.08 bits per heavy atom. The van der Waals surface area contributed by atoms with E-state index in [1.54, 1.807) is 0 Å². The highest BCUT2D eigenvalue weighted by Crippen LogP contribution is 2.45. The number of aryl methyl sites for hydroxylation is 1. The molecule has 15 rings (SSSR count). The van der Waals surface area contributed by atoms with Crippen molar-refractivity contribution in [3.05, 3.63) is 229 Å². The van der Waals surface area contributed by atoms with Gasteiger partial charge in [0.05, 0.1) is 33.8 Å². The quantitative estimate of drug-likeness (QED) is 0.131. The lowest BCUT2D eigenvalue weighted by Gasteiger charge is -2.23. The number of para-hydroxylation sites is 4. The highest BCUT2D eigenvalue weighted by atomic mass is 15.0. The maximum absolute atomic E-state index is 4.61. The van der Waals surface area contributed by atoms with E-state index in [0.717, 1.165) is 23.9 Å². The van der Waals surface area contributed by atoms with Gasteiger partial charge in [-0.25, -0.2) is 0 Å². The fraction of sp³-hybridized carbons (Fsp3) is 0.0758. The largest absolute Gasteiger partial charge is 0.344 e. The van der Waals surface area contributed by atoms with Crippen LogP contribution in [0.1, 0.15) is 34.8 Å². The van der Waals surface area contributed by atoms with Crippen molar-refractivity contribution in [1.82, 2.24) is 18.9 Å². The Hall–Kier alpha value is -8.77. The van der Waals surface area contributed by atoms with Gasteiger partial charge in [0.25, 0.3) is 0 Å². The van der Waals surface area contributed by atoms with Crippen molar-refractivity contribution in [2.24, 2.45) is 12.0 Å². The van der Waals surface area contributed by atoms with Crippen LogP contribution in [-0.2, 0) is 13.5 Å². The monoisotopic (exact) mass is 911 g/mol. The summed E-state index contributed by atoms with van der Waals surface area (Å²) in [5.41, 5.74) is 17.4. The number of hydrogen-bond acceptors (Lipinski definition) is 2. The van der Waals surface area contributed by atoms with Crippen LogP contribution in [0.2, 0.25) is 0 Å². The summed E-state index contributed by atoms with van der Waals surface area (Å²) in [6, 6.07) is 72.7. The molecule has 0 spiro atoms. The molecule has 1 N–H and O–H groups in total. The molecule has 71 heavy (non-hydrogen) atoms. The number of fused-ring (bicyclic) bond motifs is 15. The Kier molecular flexibility index (Phi) is 9.38. The molecule has 4 aromatic heterocycles. The zero-order valence-electron chi connectivity index (χ0n) is 39.7. The second-order valence-electron chi connectivity index (χ2n) is 19.1. The Bertz CT molecular complexity index is 4490. The van der Waals surface area contributed by atoms with Gasteiger partial charge in [-0.1, -0.05) is 158 Å². The van der Waals surface area contributed by atoms with Crippen LogP contribution in [-0.4, -0.2) is 27.3 Å². The van der Waals surface area contributed by atoms with Gasteiger partial charge in [0.2, 0.25) is 0 Å². The van der Waals surface area contributed by atoms with Gasteiger partial charge >= 0.3 is 0 Å². The van der Waals surface area contributed by atoms with Crippen molar-refractivity contribution in [2.75, 3.05) is 7.05 Å². The van der Waals surface area contributed by atoms with Crippen molar-refractivity contribution in [3.8, 4) is 16.8 Å². The van der Waals surface area contributed by atoms with E-state index in [2.05, 4.69) is 250 Å². The molecule has 0 bridgehead atoms. The lowest BCUT2D eigenvalue weighted by Crippen LogP contribution is -2.18. The second-order valence-corrected chi connectivity index (χ2v) is 19.1. The maximum atomic E-state index is 4.61. The standard InChI is InChI=1S/C35H29N3.C31H20N2/c1-36-34(33-28-17-8-6-14-25(28)26-15-7-9-18-29(26)35(33)37-2)23-20-21-32-30(22-23)27-16-10-11-19-31(27)38(32)24-12-4-3-5-13-24;1-32-27-11-4-2-8-22(27)26-17-19(14-16-28(26)32)20-13-15-23-25-10-6-9-24-21-7-3-5-12-29(21)33(31(24)25)30(23)18-20/h3-10,12-18,20-22,34,36H,2,11,19H2,1H3;2-18H,1H3. The third-order valence-corrected chi connectivity index (χ3v) is 15.5. The second kappa shape index (κ2) is 16.2. The molecule has 0 saturated heterocycles. The van der Waals surface area contributed by atoms with E-state index in [-0.39, 0.29) is 6.04 Å². The van der Waals surface area contributed by atoms with E-state index >= 15 is 0 Å². The highest BCUT2D eigenvalue weighted by molar-refractivity contribution is 6.23. The number of nitrogens with zero attached hydrogens (tertiary/aromatic N) is 4. The molecule has 1 atom stereocenters. The summed E-state index contributed by atoms with van der Waals surface area (Å²) in [4.78, 5) is 4.61. The number of allylic oxidation sites excluding steroid dienone is 1. The Labute approximate surface area is 411 Å². The van der Waals surface area contributed by atoms with E-state index in [9.17, 15) is 0 Å². The van der Waals surface area contributed by atoms with Crippen LogP contribution < -0.4 is 5.32 Å². The Morgan fingerprint density at radius 1 is 0.493 bits per heavy atom. The van der Waals surface area contributed by atoms with Gasteiger partial charge < -0.3 is 18.9 Å². The molecule has 1 unspecified atom stereocenters. The fourth-order valence-electron chi connectivity index (χ4n) is 12.3. The summed E-state index contributed by atoms with van der Waals surface area (Å²) in [5, 5.41) is 17.6. The van der Waals surface area contributed by atoms with Crippen LogP contribution >= 0.6 is 0 Å². The molecule has 10 aromatic carbocycles. The van der Waals surface area contributed by atoms with Crippen molar-refractivity contribution >= 4 is 111 Å². The van der Waals surface area contributed by atoms with Crippen LogP contribution in [0, 0.1) is 0 Å². The summed E-state index contributed by atoms with van der Waals surface area (Å²) in [7, 11) is 4.19. The number of hydrogen-bond donors (Lipinski definition) is 1. The first-order chi connectivity index (χ1) is 35.1. The normalized spacial score (nSPS) is 13.1. The van der Waals surface area contributed by atoms with E-state index in [4.69, 9.17) is 0 Å². The molecule has 0 radical (unpaired) electrons. The summed E-state index contributed by atoms with van der Waals surface area (Å²) >= 11 is 0. The van der Waals surface area contributed by atoms with Gasteiger partial charge in [-0.2, -0.15) is 0 Å². The predicted molar refractivity (Wildman–Crippen MR) is 303 cm³/mol. The third kappa shape index (κ3) is 6.13. The number of benzene rings is 10. The topological polar surface area (TPSA) is 38.7 Å². The van der Waals surface area contributed by atoms with Gasteiger partial charge in [0, 0.05) is 83.7 Å². The highest BCUT2D eigenvalue weighted by Gasteiger charge is 2.25. The van der Waals surface area contributed by atoms with Crippen LogP contribution in [0.15, 0.2) is 211 Å². The molecule has 0 amide bonds. The minimum atomic E-state index is -0.0438. The number of rotatable bonds is 6. The van der Waals surface area contributed by atoms with Crippen LogP contribution in [0.3, 0.4) is 0 Å². The first-order valence-electron chi connectivity index (χ1n) is 24.7. The first-order valence-corrected chi connectivity index (χ1v) is 24.7. The molecule has 1 aliphatic rings. The summed E-state index contributed by atoms with van der Waals surface area (Å²) < 4.78 is 7.18. The van der Waals surface area contributed by atoms with Crippen molar-refractivity contribution in [3.63, 3.8) is 0 Å².